The van der Waals surface area contributed by atoms with E-state index < -0.39 is 0 Å². The Hall–Kier alpha value is -1.84. The standard InChI is InChI=1S/C25H43N3O/c1-4-7-8-9-10-11-12-13-14-15-16-17-25(29)27-26-22-23-18-20-24(21-19-23)28(5-2)6-3/h18-22H,4-17H2,1-3H3,(H,27,29)/b26-22-. The van der Waals surface area contributed by atoms with Crippen molar-refractivity contribution in [3.05, 3.63) is 29.8 Å². The maximum atomic E-state index is 11.9. The first-order valence-electron chi connectivity index (χ1n) is 11.9. The third-order valence-corrected chi connectivity index (χ3v) is 5.43. The van der Waals surface area contributed by atoms with Crippen molar-refractivity contribution in [1.29, 1.82) is 0 Å². The van der Waals surface area contributed by atoms with E-state index in [1.807, 2.05) is 12.1 Å². The van der Waals surface area contributed by atoms with Gasteiger partial charge in [-0.05, 0) is 38.0 Å². The molecule has 164 valence electrons. The van der Waals surface area contributed by atoms with Gasteiger partial charge in [0.1, 0.15) is 0 Å². The van der Waals surface area contributed by atoms with Gasteiger partial charge in [-0.25, -0.2) is 5.43 Å². The van der Waals surface area contributed by atoms with Crippen LogP contribution in [0.25, 0.3) is 0 Å². The Morgan fingerprint density at radius 1 is 0.828 bits per heavy atom. The topological polar surface area (TPSA) is 44.7 Å². The van der Waals surface area contributed by atoms with Crippen LogP contribution in [0.5, 0.6) is 0 Å². The summed E-state index contributed by atoms with van der Waals surface area (Å²) in [5.74, 6) is 0.0111. The Labute approximate surface area is 179 Å². The number of carbonyl (C=O) groups excluding carboxylic acids is 1. The largest absolute Gasteiger partial charge is 0.372 e. The highest BCUT2D eigenvalue weighted by Crippen LogP contribution is 2.14. The SMILES string of the molecule is CCCCCCCCCCCCCC(=O)N/N=C\c1ccc(N(CC)CC)cc1. The molecule has 1 aromatic carbocycles. The highest BCUT2D eigenvalue weighted by Gasteiger charge is 2.01. The molecule has 29 heavy (non-hydrogen) atoms. The Kier molecular flexibility index (Phi) is 14.8. The molecule has 4 nitrogen and oxygen atoms in total. The van der Waals surface area contributed by atoms with Gasteiger partial charge in [-0.3, -0.25) is 4.79 Å². The van der Waals surface area contributed by atoms with Crippen molar-refractivity contribution >= 4 is 17.8 Å². The van der Waals surface area contributed by atoms with Crippen molar-refractivity contribution in [2.75, 3.05) is 18.0 Å². The minimum atomic E-state index is 0.0111. The number of nitrogens with zero attached hydrogens (tertiary/aromatic N) is 2. The summed E-state index contributed by atoms with van der Waals surface area (Å²) in [4.78, 5) is 14.2. The van der Waals surface area contributed by atoms with Gasteiger partial charge in [0.25, 0.3) is 0 Å². The fourth-order valence-corrected chi connectivity index (χ4v) is 3.54. The number of carbonyl (C=O) groups is 1. The molecule has 0 radical (unpaired) electrons. The summed E-state index contributed by atoms with van der Waals surface area (Å²) < 4.78 is 0. The van der Waals surface area contributed by atoms with E-state index in [1.54, 1.807) is 6.21 Å². The predicted octanol–water partition coefficient (Wildman–Crippen LogP) is 6.68. The highest BCUT2D eigenvalue weighted by molar-refractivity contribution is 5.82. The maximum Gasteiger partial charge on any atom is 0.240 e. The van der Waals surface area contributed by atoms with E-state index in [9.17, 15) is 4.79 Å². The van der Waals surface area contributed by atoms with Crippen LogP contribution < -0.4 is 10.3 Å². The van der Waals surface area contributed by atoms with Gasteiger partial charge in [0.2, 0.25) is 5.91 Å². The highest BCUT2D eigenvalue weighted by atomic mass is 16.2. The minimum Gasteiger partial charge on any atom is -0.372 e. The summed E-state index contributed by atoms with van der Waals surface area (Å²) in [5, 5.41) is 4.09. The Balaban J connectivity index is 2.06. The normalized spacial score (nSPS) is 11.1. The molecule has 0 spiro atoms. The van der Waals surface area contributed by atoms with Gasteiger partial charge in [0.15, 0.2) is 0 Å². The van der Waals surface area contributed by atoms with Gasteiger partial charge in [0.05, 0.1) is 6.21 Å². The number of anilines is 1. The Bertz CT molecular complexity index is 550. The summed E-state index contributed by atoms with van der Waals surface area (Å²) in [7, 11) is 0. The van der Waals surface area contributed by atoms with Crippen molar-refractivity contribution in [2.24, 2.45) is 5.10 Å². The molecule has 4 heteroatoms. The molecule has 0 aromatic heterocycles. The third kappa shape index (κ3) is 12.4. The molecular weight excluding hydrogens is 358 g/mol. The first-order valence-corrected chi connectivity index (χ1v) is 11.9. The fraction of sp³-hybridized carbons (Fsp3) is 0.680. The predicted molar refractivity (Wildman–Crippen MR) is 127 cm³/mol. The van der Waals surface area contributed by atoms with Gasteiger partial charge < -0.3 is 4.90 Å². The van der Waals surface area contributed by atoms with Gasteiger partial charge in [0, 0.05) is 25.2 Å². The molecule has 0 heterocycles. The van der Waals surface area contributed by atoms with E-state index >= 15 is 0 Å². The smallest absolute Gasteiger partial charge is 0.240 e. The van der Waals surface area contributed by atoms with Crippen LogP contribution in [0.3, 0.4) is 0 Å². The Morgan fingerprint density at radius 2 is 1.34 bits per heavy atom. The van der Waals surface area contributed by atoms with Gasteiger partial charge in [-0.2, -0.15) is 5.10 Å². The first-order chi connectivity index (χ1) is 14.2. The van der Waals surface area contributed by atoms with E-state index in [2.05, 4.69) is 48.3 Å². The average Bonchev–Trinajstić information content (AvgIpc) is 2.74. The summed E-state index contributed by atoms with van der Waals surface area (Å²) in [6.07, 6.45) is 16.5. The molecule has 0 unspecified atom stereocenters. The first kappa shape index (κ1) is 25.2. The summed E-state index contributed by atoms with van der Waals surface area (Å²) in [5.41, 5.74) is 4.86. The lowest BCUT2D eigenvalue weighted by Gasteiger charge is -2.20. The lowest BCUT2D eigenvalue weighted by Crippen LogP contribution is -2.21. The van der Waals surface area contributed by atoms with E-state index in [4.69, 9.17) is 0 Å². The minimum absolute atomic E-state index is 0.0111. The zero-order valence-electron chi connectivity index (χ0n) is 19.1. The lowest BCUT2D eigenvalue weighted by molar-refractivity contribution is -0.121. The van der Waals surface area contributed by atoms with Crippen LogP contribution in [0.2, 0.25) is 0 Å². The van der Waals surface area contributed by atoms with Crippen LogP contribution >= 0.6 is 0 Å². The molecule has 0 aliphatic heterocycles. The molecule has 1 rings (SSSR count). The van der Waals surface area contributed by atoms with E-state index in [0.717, 1.165) is 31.5 Å². The second-order valence-electron chi connectivity index (χ2n) is 7.84. The number of rotatable bonds is 17. The van der Waals surface area contributed by atoms with E-state index in [-0.39, 0.29) is 5.91 Å². The lowest BCUT2D eigenvalue weighted by atomic mass is 10.1. The molecule has 1 aromatic rings. The molecule has 0 atom stereocenters. The van der Waals surface area contributed by atoms with Crippen LogP contribution in [0, 0.1) is 0 Å². The van der Waals surface area contributed by atoms with Crippen molar-refractivity contribution in [2.45, 2.75) is 97.8 Å². The van der Waals surface area contributed by atoms with Crippen LogP contribution in [-0.2, 0) is 4.79 Å². The number of nitrogens with one attached hydrogen (secondary N) is 1. The van der Waals surface area contributed by atoms with E-state index in [1.165, 1.54) is 63.5 Å². The van der Waals surface area contributed by atoms with Crippen molar-refractivity contribution in [3.63, 3.8) is 0 Å². The number of amides is 1. The molecule has 0 fully saturated rings. The summed E-state index contributed by atoms with van der Waals surface area (Å²) in [6.45, 7) is 8.57. The number of unbranched alkanes of at least 4 members (excludes halogenated alkanes) is 10. The molecule has 0 bridgehead atoms. The zero-order chi connectivity index (χ0) is 21.2. The van der Waals surface area contributed by atoms with Crippen LogP contribution in [0.4, 0.5) is 5.69 Å². The zero-order valence-corrected chi connectivity index (χ0v) is 19.1. The summed E-state index contributed by atoms with van der Waals surface area (Å²) >= 11 is 0. The van der Waals surface area contributed by atoms with Crippen LogP contribution in [0.1, 0.15) is 103 Å². The Morgan fingerprint density at radius 3 is 1.86 bits per heavy atom. The monoisotopic (exact) mass is 401 g/mol. The second kappa shape index (κ2) is 17.1. The van der Waals surface area contributed by atoms with Gasteiger partial charge in [-0.15, -0.1) is 0 Å². The fourth-order valence-electron chi connectivity index (χ4n) is 3.54. The maximum absolute atomic E-state index is 11.9. The van der Waals surface area contributed by atoms with Crippen LogP contribution in [-0.4, -0.2) is 25.2 Å². The van der Waals surface area contributed by atoms with Crippen molar-refractivity contribution < 1.29 is 4.79 Å². The average molecular weight is 402 g/mol. The quantitative estimate of drug-likeness (QED) is 0.180. The molecule has 1 amide bonds. The summed E-state index contributed by atoms with van der Waals surface area (Å²) in [6, 6.07) is 8.27. The van der Waals surface area contributed by atoms with Crippen LogP contribution in [0.15, 0.2) is 29.4 Å². The molecule has 0 aliphatic carbocycles. The third-order valence-electron chi connectivity index (χ3n) is 5.43. The van der Waals surface area contributed by atoms with Crippen molar-refractivity contribution in [3.8, 4) is 0 Å². The van der Waals surface area contributed by atoms with Gasteiger partial charge >= 0.3 is 0 Å². The van der Waals surface area contributed by atoms with Gasteiger partial charge in [-0.1, -0.05) is 83.3 Å². The molecule has 1 N–H and O–H groups in total. The number of hydrogen-bond donors (Lipinski definition) is 1. The molecular formula is C25H43N3O. The molecule has 0 saturated carbocycles. The number of benzene rings is 1. The number of hydrazone groups is 1. The number of hydrogen-bond acceptors (Lipinski definition) is 3. The van der Waals surface area contributed by atoms with Crippen molar-refractivity contribution in [1.82, 2.24) is 5.43 Å². The second-order valence-corrected chi connectivity index (χ2v) is 7.84. The molecule has 0 saturated heterocycles. The molecule has 0 aliphatic rings. The van der Waals surface area contributed by atoms with E-state index in [0.29, 0.717) is 6.42 Å².